The number of hydrogen-bond acceptors (Lipinski definition) is 4. The fourth-order valence-electron chi connectivity index (χ4n) is 3.67. The molecule has 1 aromatic carbocycles. The van der Waals surface area contributed by atoms with Crippen molar-refractivity contribution in [1.82, 2.24) is 4.90 Å². The van der Waals surface area contributed by atoms with Crippen LogP contribution in [0.15, 0.2) is 24.3 Å². The van der Waals surface area contributed by atoms with Gasteiger partial charge in [-0.15, -0.1) is 0 Å². The first-order valence-electron chi connectivity index (χ1n) is 8.08. The number of imide groups is 1. The number of ketones is 1. The first-order chi connectivity index (χ1) is 11.1. The summed E-state index contributed by atoms with van der Waals surface area (Å²) in [6, 6.07) is 6.78. The number of methoxy groups -OCH3 is 1. The van der Waals surface area contributed by atoms with E-state index in [1.807, 2.05) is 0 Å². The van der Waals surface area contributed by atoms with Gasteiger partial charge in [0, 0.05) is 12.0 Å². The van der Waals surface area contributed by atoms with E-state index in [-0.39, 0.29) is 30.6 Å². The third-order valence-corrected chi connectivity index (χ3v) is 4.99. The van der Waals surface area contributed by atoms with Gasteiger partial charge in [0.2, 0.25) is 11.8 Å². The minimum absolute atomic E-state index is 0.154. The van der Waals surface area contributed by atoms with Crippen LogP contribution in [0.25, 0.3) is 0 Å². The van der Waals surface area contributed by atoms with Gasteiger partial charge in [-0.2, -0.15) is 0 Å². The van der Waals surface area contributed by atoms with Gasteiger partial charge in [-0.1, -0.05) is 31.4 Å². The second-order valence-electron chi connectivity index (χ2n) is 6.46. The molecule has 1 aromatic rings. The summed E-state index contributed by atoms with van der Waals surface area (Å²) in [6.45, 7) is -0.174. The minimum atomic E-state index is -0.538. The number of hydrogen-bond donors (Lipinski definition) is 0. The third-order valence-electron chi connectivity index (χ3n) is 4.99. The van der Waals surface area contributed by atoms with E-state index < -0.39 is 5.41 Å². The van der Waals surface area contributed by atoms with Crippen LogP contribution >= 0.6 is 0 Å². The highest BCUT2D eigenvalue weighted by molar-refractivity contribution is 6.10. The lowest BCUT2D eigenvalue weighted by atomic mass is 9.73. The Morgan fingerprint density at radius 2 is 1.96 bits per heavy atom. The highest BCUT2D eigenvalue weighted by Gasteiger charge is 2.51. The predicted octanol–water partition coefficient (Wildman–Crippen LogP) is 2.59. The maximum atomic E-state index is 12.7. The molecule has 0 aromatic heterocycles. The number of likely N-dealkylation sites (tertiary alicyclic amines) is 1. The topological polar surface area (TPSA) is 63.7 Å². The molecule has 5 heteroatoms. The largest absolute Gasteiger partial charge is 0.497 e. The molecule has 122 valence electrons. The summed E-state index contributed by atoms with van der Waals surface area (Å²) in [5.41, 5.74) is -0.0844. The fourth-order valence-corrected chi connectivity index (χ4v) is 3.67. The van der Waals surface area contributed by atoms with E-state index in [9.17, 15) is 14.4 Å². The van der Waals surface area contributed by atoms with Crippen molar-refractivity contribution in [3.05, 3.63) is 29.8 Å². The molecule has 0 unspecified atom stereocenters. The van der Waals surface area contributed by atoms with Gasteiger partial charge in [0.1, 0.15) is 5.75 Å². The van der Waals surface area contributed by atoms with Gasteiger partial charge in [-0.05, 0) is 25.0 Å². The summed E-state index contributed by atoms with van der Waals surface area (Å²) in [7, 11) is 1.53. The summed E-state index contributed by atoms with van der Waals surface area (Å²) >= 11 is 0. The van der Waals surface area contributed by atoms with Gasteiger partial charge >= 0.3 is 0 Å². The fraction of sp³-hybridized carbons (Fsp3) is 0.500. The van der Waals surface area contributed by atoms with Crippen LogP contribution in [0.2, 0.25) is 0 Å². The number of rotatable bonds is 4. The molecular weight excluding hydrogens is 294 g/mol. The third kappa shape index (κ3) is 2.87. The average molecular weight is 315 g/mol. The normalized spacial score (nSPS) is 20.1. The zero-order valence-corrected chi connectivity index (χ0v) is 13.3. The van der Waals surface area contributed by atoms with E-state index in [0.717, 1.165) is 37.0 Å². The SMILES string of the molecule is COc1cccc(C(=O)CN2C(=O)CC3(CCCCC3)C2=O)c1. The lowest BCUT2D eigenvalue weighted by molar-refractivity contribution is -0.141. The number of carbonyl (C=O) groups excluding carboxylic acids is 3. The van der Waals surface area contributed by atoms with Crippen molar-refractivity contribution in [2.45, 2.75) is 38.5 Å². The molecule has 1 heterocycles. The zero-order valence-electron chi connectivity index (χ0n) is 13.3. The maximum Gasteiger partial charge on any atom is 0.236 e. The van der Waals surface area contributed by atoms with Crippen LogP contribution in [0.1, 0.15) is 48.9 Å². The van der Waals surface area contributed by atoms with E-state index >= 15 is 0 Å². The smallest absolute Gasteiger partial charge is 0.236 e. The van der Waals surface area contributed by atoms with Gasteiger partial charge in [-0.3, -0.25) is 19.3 Å². The Morgan fingerprint density at radius 3 is 2.65 bits per heavy atom. The number of Topliss-reactive ketones (excluding diaryl/α,β-unsaturated/α-hetero) is 1. The molecule has 1 saturated heterocycles. The number of benzene rings is 1. The van der Waals surface area contributed by atoms with Crippen LogP contribution in [-0.4, -0.2) is 36.2 Å². The van der Waals surface area contributed by atoms with Crippen molar-refractivity contribution < 1.29 is 19.1 Å². The summed E-state index contributed by atoms with van der Waals surface area (Å²) in [6.07, 6.45) is 4.87. The second-order valence-corrected chi connectivity index (χ2v) is 6.46. The summed E-state index contributed by atoms with van der Waals surface area (Å²) in [5, 5.41) is 0. The van der Waals surface area contributed by atoms with E-state index in [4.69, 9.17) is 4.74 Å². The molecule has 1 aliphatic carbocycles. The number of ether oxygens (including phenoxy) is 1. The van der Waals surface area contributed by atoms with E-state index in [1.165, 1.54) is 7.11 Å². The standard InChI is InChI=1S/C18H21NO4/c1-23-14-7-5-6-13(10-14)15(20)12-19-16(21)11-18(17(19)22)8-3-2-4-9-18/h5-7,10H,2-4,8-9,11-12H2,1H3. The molecule has 0 N–H and O–H groups in total. The molecule has 0 atom stereocenters. The Balaban J connectivity index is 1.75. The van der Waals surface area contributed by atoms with Crippen molar-refractivity contribution in [3.63, 3.8) is 0 Å². The van der Waals surface area contributed by atoms with Crippen molar-refractivity contribution in [2.75, 3.05) is 13.7 Å². The molecule has 2 fully saturated rings. The summed E-state index contributed by atoms with van der Waals surface area (Å²) in [5.74, 6) is -0.0243. The van der Waals surface area contributed by atoms with Crippen LogP contribution < -0.4 is 4.74 Å². The molecule has 2 amide bonds. The van der Waals surface area contributed by atoms with Gasteiger partial charge in [-0.25, -0.2) is 0 Å². The van der Waals surface area contributed by atoms with Crippen molar-refractivity contribution in [1.29, 1.82) is 0 Å². The molecule has 3 rings (SSSR count). The van der Waals surface area contributed by atoms with E-state index in [2.05, 4.69) is 0 Å². The summed E-state index contributed by atoms with van der Waals surface area (Å²) < 4.78 is 5.11. The monoisotopic (exact) mass is 315 g/mol. The molecule has 1 aliphatic heterocycles. The molecule has 5 nitrogen and oxygen atoms in total. The van der Waals surface area contributed by atoms with Crippen molar-refractivity contribution >= 4 is 17.6 Å². The molecule has 2 aliphatic rings. The van der Waals surface area contributed by atoms with Crippen LogP contribution in [0.5, 0.6) is 5.75 Å². The Morgan fingerprint density at radius 1 is 1.22 bits per heavy atom. The quantitative estimate of drug-likeness (QED) is 0.633. The second kappa shape index (κ2) is 6.14. The van der Waals surface area contributed by atoms with Gasteiger partial charge in [0.25, 0.3) is 0 Å². The highest BCUT2D eigenvalue weighted by atomic mass is 16.5. The van der Waals surface area contributed by atoms with Crippen molar-refractivity contribution in [2.24, 2.45) is 5.41 Å². The zero-order chi connectivity index (χ0) is 16.4. The first-order valence-corrected chi connectivity index (χ1v) is 8.08. The highest BCUT2D eigenvalue weighted by Crippen LogP contribution is 2.45. The van der Waals surface area contributed by atoms with E-state index in [1.54, 1.807) is 24.3 Å². The number of amides is 2. The molecule has 1 saturated carbocycles. The average Bonchev–Trinajstić information content (AvgIpc) is 2.79. The van der Waals surface area contributed by atoms with Crippen LogP contribution in [0, 0.1) is 5.41 Å². The molecule has 0 bridgehead atoms. The van der Waals surface area contributed by atoms with Crippen molar-refractivity contribution in [3.8, 4) is 5.75 Å². The first kappa shape index (κ1) is 15.7. The minimum Gasteiger partial charge on any atom is -0.497 e. The lowest BCUT2D eigenvalue weighted by Crippen LogP contribution is -2.39. The van der Waals surface area contributed by atoms with Crippen LogP contribution in [0.3, 0.4) is 0 Å². The molecule has 23 heavy (non-hydrogen) atoms. The van der Waals surface area contributed by atoms with Gasteiger partial charge < -0.3 is 4.74 Å². The van der Waals surface area contributed by atoms with Gasteiger partial charge in [0.15, 0.2) is 5.78 Å². The maximum absolute atomic E-state index is 12.7. The Hall–Kier alpha value is -2.17. The molecule has 1 spiro atoms. The Labute approximate surface area is 135 Å². The Bertz CT molecular complexity index is 646. The number of nitrogens with zero attached hydrogens (tertiary/aromatic N) is 1. The van der Waals surface area contributed by atoms with Crippen LogP contribution in [0.4, 0.5) is 0 Å². The van der Waals surface area contributed by atoms with Crippen LogP contribution in [-0.2, 0) is 9.59 Å². The molecular formula is C18H21NO4. The Kier molecular flexibility index (Phi) is 4.20. The predicted molar refractivity (Wildman–Crippen MR) is 84.2 cm³/mol. The van der Waals surface area contributed by atoms with Gasteiger partial charge in [0.05, 0.1) is 19.1 Å². The lowest BCUT2D eigenvalue weighted by Gasteiger charge is -2.30. The summed E-state index contributed by atoms with van der Waals surface area (Å²) in [4.78, 5) is 38.6. The molecule has 0 radical (unpaired) electrons. The van der Waals surface area contributed by atoms with E-state index in [0.29, 0.717) is 11.3 Å². The number of carbonyl (C=O) groups is 3.